The third kappa shape index (κ3) is 2.47. The van der Waals surface area contributed by atoms with E-state index in [0.29, 0.717) is 0 Å². The Morgan fingerprint density at radius 3 is 2.69 bits per heavy atom. The molecule has 0 aliphatic carbocycles. The zero-order valence-corrected chi connectivity index (χ0v) is 7.26. The topological polar surface area (TPSA) is 35.2 Å². The summed E-state index contributed by atoms with van der Waals surface area (Å²) in [6.45, 7) is 0.211. The van der Waals surface area contributed by atoms with Gasteiger partial charge in [-0.05, 0) is 6.07 Å². The van der Waals surface area contributed by atoms with Crippen LogP contribution in [0.15, 0.2) is 18.2 Å². The third-order valence-electron chi connectivity index (χ3n) is 1.71. The lowest BCUT2D eigenvalue weighted by molar-refractivity contribution is 0.179. The predicted octanol–water partition coefficient (Wildman–Crippen LogP) is 1.61. The van der Waals surface area contributed by atoms with Crippen molar-refractivity contribution >= 4 is 0 Å². The molecule has 13 heavy (non-hydrogen) atoms. The van der Waals surface area contributed by atoms with E-state index in [2.05, 4.69) is 0 Å². The molecule has 4 heteroatoms. The molecular weight excluding hydrogens is 176 g/mol. The summed E-state index contributed by atoms with van der Waals surface area (Å²) in [4.78, 5) is 0. The molecule has 0 unspecified atom stereocenters. The summed E-state index contributed by atoms with van der Waals surface area (Å²) in [5, 5.41) is 0. The smallest absolute Gasteiger partial charge is 0.130 e. The minimum Gasteiger partial charge on any atom is -0.383 e. The Morgan fingerprint density at radius 2 is 2.15 bits per heavy atom. The van der Waals surface area contributed by atoms with Gasteiger partial charge in [0.05, 0.1) is 12.6 Å². The van der Waals surface area contributed by atoms with E-state index in [0.717, 1.165) is 6.07 Å². The number of hydrogen-bond acceptors (Lipinski definition) is 2. The normalized spacial score (nSPS) is 12.9. The number of nitrogens with two attached hydrogens (primary N) is 1. The molecule has 0 heterocycles. The molecule has 0 fully saturated rings. The molecule has 0 amide bonds. The van der Waals surface area contributed by atoms with Crippen LogP contribution in [0.3, 0.4) is 0 Å². The highest BCUT2D eigenvalue weighted by atomic mass is 19.1. The Morgan fingerprint density at radius 1 is 1.46 bits per heavy atom. The van der Waals surface area contributed by atoms with Gasteiger partial charge in [-0.15, -0.1) is 0 Å². The first kappa shape index (κ1) is 10.1. The van der Waals surface area contributed by atoms with Crippen LogP contribution >= 0.6 is 0 Å². The Balaban J connectivity index is 2.88. The Bertz CT molecular complexity index is 291. The lowest BCUT2D eigenvalue weighted by atomic mass is 10.1. The molecule has 0 radical (unpaired) electrons. The second kappa shape index (κ2) is 4.30. The summed E-state index contributed by atoms with van der Waals surface area (Å²) in [5.74, 6) is -1.24. The van der Waals surface area contributed by atoms with Crippen molar-refractivity contribution < 1.29 is 13.5 Å². The van der Waals surface area contributed by atoms with E-state index in [1.807, 2.05) is 0 Å². The van der Waals surface area contributed by atoms with E-state index in [9.17, 15) is 8.78 Å². The zero-order chi connectivity index (χ0) is 9.84. The molecule has 0 aromatic heterocycles. The van der Waals surface area contributed by atoms with Gasteiger partial charge >= 0.3 is 0 Å². The van der Waals surface area contributed by atoms with E-state index in [1.54, 1.807) is 0 Å². The fraction of sp³-hybridized carbons (Fsp3) is 0.333. The molecule has 72 valence electrons. The maximum Gasteiger partial charge on any atom is 0.130 e. The van der Waals surface area contributed by atoms with Crippen LogP contribution in [0.4, 0.5) is 8.78 Å². The molecule has 0 saturated heterocycles. The molecule has 2 N–H and O–H groups in total. The van der Waals surface area contributed by atoms with Crippen molar-refractivity contribution in [1.82, 2.24) is 0 Å². The molecule has 0 aliphatic heterocycles. The van der Waals surface area contributed by atoms with E-state index >= 15 is 0 Å². The number of rotatable bonds is 3. The molecule has 0 saturated carbocycles. The van der Waals surface area contributed by atoms with Crippen LogP contribution in [0.1, 0.15) is 11.6 Å². The van der Waals surface area contributed by atoms with Crippen molar-refractivity contribution in [3.8, 4) is 0 Å². The molecule has 1 atom stereocenters. The van der Waals surface area contributed by atoms with Crippen LogP contribution < -0.4 is 5.73 Å². The average Bonchev–Trinajstić information content (AvgIpc) is 2.04. The first-order valence-electron chi connectivity index (χ1n) is 3.84. The maximum atomic E-state index is 13.0. The van der Waals surface area contributed by atoms with Crippen molar-refractivity contribution in [2.75, 3.05) is 13.7 Å². The van der Waals surface area contributed by atoms with Gasteiger partial charge in [0.15, 0.2) is 0 Å². The number of halogens is 2. The molecular formula is C9H11F2NO. The van der Waals surface area contributed by atoms with Gasteiger partial charge < -0.3 is 10.5 Å². The minimum atomic E-state index is -0.635. The summed E-state index contributed by atoms with van der Waals surface area (Å²) in [6.07, 6.45) is 0. The van der Waals surface area contributed by atoms with Gasteiger partial charge in [-0.1, -0.05) is 6.07 Å². The van der Waals surface area contributed by atoms with Gasteiger partial charge in [0.1, 0.15) is 11.6 Å². The summed E-state index contributed by atoms with van der Waals surface area (Å²) in [7, 11) is 1.47. The summed E-state index contributed by atoms with van der Waals surface area (Å²) >= 11 is 0. The van der Waals surface area contributed by atoms with Crippen LogP contribution in [0.2, 0.25) is 0 Å². The van der Waals surface area contributed by atoms with Crippen LogP contribution in [0.25, 0.3) is 0 Å². The van der Waals surface area contributed by atoms with Crippen molar-refractivity contribution in [3.05, 3.63) is 35.4 Å². The van der Waals surface area contributed by atoms with E-state index < -0.39 is 17.7 Å². The molecule has 2 nitrogen and oxygen atoms in total. The predicted molar refractivity (Wildman–Crippen MR) is 45.2 cm³/mol. The quantitative estimate of drug-likeness (QED) is 0.780. The van der Waals surface area contributed by atoms with Crippen molar-refractivity contribution in [2.24, 2.45) is 5.73 Å². The van der Waals surface area contributed by atoms with Crippen molar-refractivity contribution in [1.29, 1.82) is 0 Å². The first-order valence-corrected chi connectivity index (χ1v) is 3.84. The number of methoxy groups -OCH3 is 1. The zero-order valence-electron chi connectivity index (χ0n) is 7.26. The van der Waals surface area contributed by atoms with Gasteiger partial charge in [-0.25, -0.2) is 8.78 Å². The van der Waals surface area contributed by atoms with Crippen molar-refractivity contribution in [2.45, 2.75) is 6.04 Å². The molecule has 0 bridgehead atoms. The monoisotopic (exact) mass is 187 g/mol. The Hall–Kier alpha value is -1.00. The lowest BCUT2D eigenvalue weighted by Crippen LogP contribution is -2.17. The standard InChI is InChI=1S/C9H11F2NO/c1-13-5-9(12)7-3-2-6(10)4-8(7)11/h2-4,9H,5,12H2,1H3/t9-/m0/s1. The second-order valence-electron chi connectivity index (χ2n) is 2.73. The van der Waals surface area contributed by atoms with E-state index in [4.69, 9.17) is 10.5 Å². The number of hydrogen-bond donors (Lipinski definition) is 1. The molecule has 1 aromatic rings. The molecule has 0 spiro atoms. The molecule has 1 aromatic carbocycles. The van der Waals surface area contributed by atoms with Gasteiger partial charge in [-0.2, -0.15) is 0 Å². The van der Waals surface area contributed by atoms with Gasteiger partial charge in [0.25, 0.3) is 0 Å². The largest absolute Gasteiger partial charge is 0.383 e. The van der Waals surface area contributed by atoms with Gasteiger partial charge in [-0.3, -0.25) is 0 Å². The van der Waals surface area contributed by atoms with Gasteiger partial charge in [0, 0.05) is 18.7 Å². The maximum absolute atomic E-state index is 13.0. The Kier molecular flexibility index (Phi) is 3.33. The fourth-order valence-corrected chi connectivity index (χ4v) is 1.07. The fourth-order valence-electron chi connectivity index (χ4n) is 1.07. The summed E-state index contributed by atoms with van der Waals surface area (Å²) < 4.78 is 30.3. The van der Waals surface area contributed by atoms with E-state index in [1.165, 1.54) is 19.2 Å². The minimum absolute atomic E-state index is 0.211. The molecule has 0 aliphatic rings. The van der Waals surface area contributed by atoms with Crippen molar-refractivity contribution in [3.63, 3.8) is 0 Å². The van der Waals surface area contributed by atoms with Gasteiger partial charge in [0.2, 0.25) is 0 Å². The highest BCUT2D eigenvalue weighted by Gasteiger charge is 2.11. The average molecular weight is 187 g/mol. The highest BCUT2D eigenvalue weighted by Crippen LogP contribution is 2.16. The van der Waals surface area contributed by atoms with Crippen LogP contribution in [-0.2, 0) is 4.74 Å². The SMILES string of the molecule is COC[C@H](N)c1ccc(F)cc1F. The number of ether oxygens (including phenoxy) is 1. The van der Waals surface area contributed by atoms with E-state index in [-0.39, 0.29) is 12.2 Å². The Labute approximate surface area is 75.3 Å². The molecule has 1 rings (SSSR count). The number of benzene rings is 1. The van der Waals surface area contributed by atoms with Crippen LogP contribution in [-0.4, -0.2) is 13.7 Å². The third-order valence-corrected chi connectivity index (χ3v) is 1.71. The second-order valence-corrected chi connectivity index (χ2v) is 2.73. The van der Waals surface area contributed by atoms with Crippen LogP contribution in [0, 0.1) is 11.6 Å². The summed E-state index contributed by atoms with van der Waals surface area (Å²) in [5.41, 5.74) is 5.84. The first-order chi connectivity index (χ1) is 6.15. The summed E-state index contributed by atoms with van der Waals surface area (Å²) in [6, 6.07) is 2.76. The highest BCUT2D eigenvalue weighted by molar-refractivity contribution is 5.21. The lowest BCUT2D eigenvalue weighted by Gasteiger charge is -2.11. The van der Waals surface area contributed by atoms with Crippen LogP contribution in [0.5, 0.6) is 0 Å².